The fraction of sp³-hybridized carbons (Fsp3) is 0.286. The van der Waals surface area contributed by atoms with E-state index < -0.39 is 5.82 Å². The third kappa shape index (κ3) is 3.11. The van der Waals surface area contributed by atoms with Crippen molar-refractivity contribution >= 4 is 33.4 Å². The summed E-state index contributed by atoms with van der Waals surface area (Å²) in [6, 6.07) is 4.47. The first-order valence-electron chi connectivity index (χ1n) is 6.45. The molecular weight excluding hydrogens is 361 g/mol. The maximum atomic E-state index is 13.8. The molecule has 1 saturated heterocycles. The second-order valence-corrected chi connectivity index (χ2v) is 6.43. The van der Waals surface area contributed by atoms with Crippen LogP contribution in [0.3, 0.4) is 0 Å². The van der Waals surface area contributed by atoms with Gasteiger partial charge in [-0.1, -0.05) is 27.5 Å². The van der Waals surface area contributed by atoms with Crippen LogP contribution in [-0.4, -0.2) is 33.7 Å². The summed E-state index contributed by atoms with van der Waals surface area (Å²) in [5.41, 5.74) is 0.110. The average Bonchev–Trinajstić information content (AvgIpc) is 2.78. The molecule has 2 aromatic rings. The molecular formula is C14H12BrClFN3O. The van der Waals surface area contributed by atoms with Crippen molar-refractivity contribution in [1.82, 2.24) is 14.7 Å². The number of halogens is 3. The minimum absolute atomic E-state index is 0.110. The molecule has 0 spiro atoms. The van der Waals surface area contributed by atoms with Gasteiger partial charge in [0.1, 0.15) is 5.82 Å². The molecule has 1 aromatic carbocycles. The zero-order valence-electron chi connectivity index (χ0n) is 11.0. The van der Waals surface area contributed by atoms with Gasteiger partial charge in [-0.3, -0.25) is 9.48 Å². The number of amides is 1. The van der Waals surface area contributed by atoms with Crippen molar-refractivity contribution in [2.75, 3.05) is 13.1 Å². The molecule has 0 radical (unpaired) electrons. The number of carbonyl (C=O) groups is 1. The summed E-state index contributed by atoms with van der Waals surface area (Å²) >= 11 is 8.98. The number of carbonyl (C=O) groups excluding carboxylic acids is 1. The fourth-order valence-electron chi connectivity index (χ4n) is 2.39. The van der Waals surface area contributed by atoms with Crippen molar-refractivity contribution in [3.63, 3.8) is 0 Å². The van der Waals surface area contributed by atoms with Gasteiger partial charge in [-0.2, -0.15) is 5.10 Å². The molecule has 4 nitrogen and oxygen atoms in total. The molecule has 1 aromatic heterocycles. The number of nitrogens with zero attached hydrogens (tertiary/aromatic N) is 3. The molecule has 1 aliphatic rings. The van der Waals surface area contributed by atoms with E-state index in [0.717, 1.165) is 0 Å². The Labute approximate surface area is 134 Å². The van der Waals surface area contributed by atoms with E-state index in [4.69, 9.17) is 11.6 Å². The van der Waals surface area contributed by atoms with E-state index in [1.54, 1.807) is 28.0 Å². The topological polar surface area (TPSA) is 38.1 Å². The number of likely N-dealkylation sites (tertiary alicyclic amines) is 1. The highest BCUT2D eigenvalue weighted by Crippen LogP contribution is 2.23. The van der Waals surface area contributed by atoms with E-state index in [1.165, 1.54) is 12.1 Å². The molecule has 1 amide bonds. The van der Waals surface area contributed by atoms with E-state index in [-0.39, 0.29) is 11.5 Å². The van der Waals surface area contributed by atoms with E-state index in [1.807, 2.05) is 0 Å². The lowest BCUT2D eigenvalue weighted by Gasteiger charge is -2.39. The van der Waals surface area contributed by atoms with Gasteiger partial charge in [-0.15, -0.1) is 0 Å². The number of hydrogen-bond acceptors (Lipinski definition) is 2. The Hall–Kier alpha value is -1.40. The molecule has 0 atom stereocenters. The zero-order chi connectivity index (χ0) is 15.0. The predicted molar refractivity (Wildman–Crippen MR) is 80.7 cm³/mol. The van der Waals surface area contributed by atoms with E-state index >= 15 is 0 Å². The molecule has 2 heterocycles. The lowest BCUT2D eigenvalue weighted by Crippen LogP contribution is -2.51. The van der Waals surface area contributed by atoms with Crippen molar-refractivity contribution in [2.45, 2.75) is 6.54 Å². The maximum absolute atomic E-state index is 13.8. The normalized spacial score (nSPS) is 15.1. The summed E-state index contributed by atoms with van der Waals surface area (Å²) in [5.74, 6) is -0.449. The molecule has 3 rings (SSSR count). The van der Waals surface area contributed by atoms with Crippen LogP contribution in [0, 0.1) is 11.7 Å². The van der Waals surface area contributed by atoms with Gasteiger partial charge in [0.25, 0.3) is 5.91 Å². The molecule has 1 aliphatic heterocycles. The summed E-state index contributed by atoms with van der Waals surface area (Å²) in [4.78, 5) is 13.8. The largest absolute Gasteiger partial charge is 0.338 e. The molecule has 21 heavy (non-hydrogen) atoms. The van der Waals surface area contributed by atoms with Crippen molar-refractivity contribution < 1.29 is 9.18 Å². The Bertz CT molecular complexity index is 685. The smallest absolute Gasteiger partial charge is 0.256 e. The van der Waals surface area contributed by atoms with Gasteiger partial charge in [0.2, 0.25) is 0 Å². The van der Waals surface area contributed by atoms with Gasteiger partial charge >= 0.3 is 0 Å². The third-order valence-corrected chi connectivity index (χ3v) is 4.14. The Morgan fingerprint density at radius 2 is 2.24 bits per heavy atom. The van der Waals surface area contributed by atoms with Crippen LogP contribution in [0.5, 0.6) is 0 Å². The van der Waals surface area contributed by atoms with Gasteiger partial charge < -0.3 is 4.90 Å². The summed E-state index contributed by atoms with van der Waals surface area (Å²) in [6.07, 6.45) is 3.33. The molecule has 0 aliphatic carbocycles. The van der Waals surface area contributed by atoms with Crippen LogP contribution < -0.4 is 0 Å². The van der Waals surface area contributed by atoms with Crippen LogP contribution in [0.4, 0.5) is 4.39 Å². The second-order valence-electron chi connectivity index (χ2n) is 5.08. The van der Waals surface area contributed by atoms with Crippen molar-refractivity contribution in [3.05, 3.63) is 51.5 Å². The van der Waals surface area contributed by atoms with Crippen LogP contribution >= 0.6 is 27.5 Å². The summed E-state index contributed by atoms with van der Waals surface area (Å²) in [6.45, 7) is 1.91. The molecule has 0 bridgehead atoms. The van der Waals surface area contributed by atoms with Crippen molar-refractivity contribution in [1.29, 1.82) is 0 Å². The van der Waals surface area contributed by atoms with Gasteiger partial charge in [0.15, 0.2) is 0 Å². The quantitative estimate of drug-likeness (QED) is 0.830. The first kappa shape index (κ1) is 14.5. The Morgan fingerprint density at radius 1 is 1.48 bits per heavy atom. The third-order valence-electron chi connectivity index (χ3n) is 3.45. The number of benzene rings is 1. The zero-order valence-corrected chi connectivity index (χ0v) is 13.3. The molecule has 0 saturated carbocycles. The van der Waals surface area contributed by atoms with Gasteiger partial charge in [0, 0.05) is 36.2 Å². The highest BCUT2D eigenvalue weighted by molar-refractivity contribution is 9.10. The molecule has 0 N–H and O–H groups in total. The second kappa shape index (κ2) is 5.77. The van der Waals surface area contributed by atoms with Crippen molar-refractivity contribution in [2.24, 2.45) is 5.92 Å². The molecule has 0 unspecified atom stereocenters. The van der Waals surface area contributed by atoms with Gasteiger partial charge in [0.05, 0.1) is 16.8 Å². The maximum Gasteiger partial charge on any atom is 0.256 e. The molecule has 7 heteroatoms. The monoisotopic (exact) mass is 371 g/mol. The minimum Gasteiger partial charge on any atom is -0.338 e. The fourth-order valence-corrected chi connectivity index (χ4v) is 2.88. The SMILES string of the molecule is O=C(c1ccc(Br)cc1F)N1CC(Cn2cc(Cl)cn2)C1. The van der Waals surface area contributed by atoms with Crippen LogP contribution in [-0.2, 0) is 6.54 Å². The Morgan fingerprint density at radius 3 is 2.86 bits per heavy atom. The minimum atomic E-state index is -0.503. The van der Waals surface area contributed by atoms with Crippen molar-refractivity contribution in [3.8, 4) is 0 Å². The van der Waals surface area contributed by atoms with Gasteiger partial charge in [-0.25, -0.2) is 4.39 Å². The predicted octanol–water partition coefficient (Wildman–Crippen LogP) is 3.21. The lowest BCUT2D eigenvalue weighted by atomic mass is 9.99. The van der Waals surface area contributed by atoms with Crippen LogP contribution in [0.1, 0.15) is 10.4 Å². The number of hydrogen-bond donors (Lipinski definition) is 0. The molecule has 1 fully saturated rings. The standard InChI is InChI=1S/C14H12BrClFN3O/c15-10-1-2-12(13(17)3-10)14(21)19-5-9(6-19)7-20-8-11(16)4-18-20/h1-4,8-9H,5-7H2. The first-order chi connectivity index (χ1) is 10.0. The first-order valence-corrected chi connectivity index (χ1v) is 7.62. The Balaban J connectivity index is 1.59. The summed E-state index contributed by atoms with van der Waals surface area (Å²) in [7, 11) is 0. The number of rotatable bonds is 3. The lowest BCUT2D eigenvalue weighted by molar-refractivity contribution is 0.0457. The van der Waals surface area contributed by atoms with Crippen LogP contribution in [0.2, 0.25) is 5.02 Å². The van der Waals surface area contributed by atoms with E-state index in [2.05, 4.69) is 21.0 Å². The van der Waals surface area contributed by atoms with Crippen LogP contribution in [0.15, 0.2) is 35.1 Å². The summed E-state index contributed by atoms with van der Waals surface area (Å²) in [5, 5.41) is 4.70. The number of aromatic nitrogens is 2. The average molecular weight is 373 g/mol. The molecule has 110 valence electrons. The highest BCUT2D eigenvalue weighted by atomic mass is 79.9. The van der Waals surface area contributed by atoms with Crippen LogP contribution in [0.25, 0.3) is 0 Å². The van der Waals surface area contributed by atoms with E-state index in [9.17, 15) is 9.18 Å². The van der Waals surface area contributed by atoms with Gasteiger partial charge in [-0.05, 0) is 18.2 Å². The highest BCUT2D eigenvalue weighted by Gasteiger charge is 2.32. The van der Waals surface area contributed by atoms with E-state index in [0.29, 0.717) is 35.0 Å². The Kier molecular flexibility index (Phi) is 3.99. The summed E-state index contributed by atoms with van der Waals surface area (Å²) < 4.78 is 16.1.